The summed E-state index contributed by atoms with van der Waals surface area (Å²) < 4.78 is 0. The van der Waals surface area contributed by atoms with Crippen molar-refractivity contribution in [3.63, 3.8) is 0 Å². The van der Waals surface area contributed by atoms with E-state index in [4.69, 9.17) is 5.73 Å². The molecule has 0 amide bonds. The maximum absolute atomic E-state index is 10.8. The van der Waals surface area contributed by atoms with E-state index >= 15 is 0 Å². The number of thioether (sulfide) groups is 2. The fourth-order valence-corrected chi connectivity index (χ4v) is 3.71. The molecule has 1 aromatic carbocycles. The SMILES string of the molecule is NC1=NN2C(=CS[C@@H]2c2cccc([N+](=O)[O-])c2)S1. The lowest BCUT2D eigenvalue weighted by Gasteiger charge is -2.18. The predicted octanol–water partition coefficient (Wildman–Crippen LogP) is 2.42. The van der Waals surface area contributed by atoms with Gasteiger partial charge in [-0.15, -0.1) is 5.10 Å². The number of hydrogen-bond donors (Lipinski definition) is 1. The monoisotopic (exact) mass is 280 g/mol. The van der Waals surface area contributed by atoms with Gasteiger partial charge in [-0.25, -0.2) is 5.01 Å². The summed E-state index contributed by atoms with van der Waals surface area (Å²) in [6.07, 6.45) is 0. The maximum Gasteiger partial charge on any atom is 0.269 e. The zero-order valence-electron chi connectivity index (χ0n) is 9.02. The summed E-state index contributed by atoms with van der Waals surface area (Å²) in [5.74, 6) is 0. The van der Waals surface area contributed by atoms with E-state index in [1.807, 2.05) is 11.5 Å². The van der Waals surface area contributed by atoms with Crippen molar-refractivity contribution in [2.45, 2.75) is 5.37 Å². The maximum atomic E-state index is 10.8. The van der Waals surface area contributed by atoms with Crippen LogP contribution >= 0.6 is 23.5 Å². The highest BCUT2D eigenvalue weighted by Crippen LogP contribution is 2.49. The Kier molecular flexibility index (Phi) is 2.67. The molecule has 92 valence electrons. The minimum absolute atomic E-state index is 0.0755. The minimum atomic E-state index is -0.395. The molecule has 2 heterocycles. The van der Waals surface area contributed by atoms with E-state index in [1.54, 1.807) is 28.9 Å². The Bertz CT molecular complexity index is 587. The van der Waals surface area contributed by atoms with E-state index in [0.717, 1.165) is 10.6 Å². The van der Waals surface area contributed by atoms with Crippen LogP contribution in [-0.2, 0) is 0 Å². The van der Waals surface area contributed by atoms with E-state index in [0.29, 0.717) is 5.17 Å². The van der Waals surface area contributed by atoms with Crippen LogP contribution in [0.3, 0.4) is 0 Å². The largest absolute Gasteiger partial charge is 0.377 e. The number of hydrogen-bond acceptors (Lipinski definition) is 7. The number of nitrogens with zero attached hydrogens (tertiary/aromatic N) is 3. The van der Waals surface area contributed by atoms with Gasteiger partial charge in [0.05, 0.1) is 4.92 Å². The van der Waals surface area contributed by atoms with Crippen LogP contribution in [0, 0.1) is 10.1 Å². The summed E-state index contributed by atoms with van der Waals surface area (Å²) in [4.78, 5) is 10.4. The molecule has 0 bridgehead atoms. The third-order valence-electron chi connectivity index (χ3n) is 2.53. The van der Waals surface area contributed by atoms with Crippen molar-refractivity contribution in [2.75, 3.05) is 0 Å². The van der Waals surface area contributed by atoms with Gasteiger partial charge in [-0.3, -0.25) is 10.1 Å². The number of nitro benzene ring substituents is 1. The van der Waals surface area contributed by atoms with E-state index in [1.165, 1.54) is 17.8 Å². The Labute approximate surface area is 111 Å². The van der Waals surface area contributed by atoms with Crippen LogP contribution in [0.4, 0.5) is 5.69 Å². The van der Waals surface area contributed by atoms with Crippen molar-refractivity contribution in [2.24, 2.45) is 10.8 Å². The average Bonchev–Trinajstić information content (AvgIpc) is 2.87. The van der Waals surface area contributed by atoms with Crippen LogP contribution in [0.1, 0.15) is 10.9 Å². The summed E-state index contributed by atoms with van der Waals surface area (Å²) >= 11 is 2.97. The first kappa shape index (κ1) is 11.4. The van der Waals surface area contributed by atoms with Crippen LogP contribution in [0.5, 0.6) is 0 Å². The van der Waals surface area contributed by atoms with Crippen molar-refractivity contribution in [3.8, 4) is 0 Å². The Morgan fingerprint density at radius 3 is 3.11 bits per heavy atom. The van der Waals surface area contributed by atoms with Crippen LogP contribution in [-0.4, -0.2) is 15.1 Å². The highest BCUT2D eigenvalue weighted by Gasteiger charge is 2.34. The van der Waals surface area contributed by atoms with Gasteiger partial charge in [0, 0.05) is 17.5 Å². The molecule has 6 nitrogen and oxygen atoms in total. The van der Waals surface area contributed by atoms with E-state index in [2.05, 4.69) is 5.10 Å². The molecule has 1 atom stereocenters. The van der Waals surface area contributed by atoms with Crippen molar-refractivity contribution < 1.29 is 4.92 Å². The third kappa shape index (κ3) is 1.83. The second-order valence-electron chi connectivity index (χ2n) is 3.68. The number of nitro groups is 1. The van der Waals surface area contributed by atoms with Crippen LogP contribution in [0.15, 0.2) is 39.8 Å². The van der Waals surface area contributed by atoms with Gasteiger partial charge in [0.25, 0.3) is 5.69 Å². The average molecular weight is 280 g/mol. The molecule has 0 saturated heterocycles. The van der Waals surface area contributed by atoms with Crippen molar-refractivity contribution in [3.05, 3.63) is 50.4 Å². The normalized spacial score (nSPS) is 21.6. The quantitative estimate of drug-likeness (QED) is 0.661. The Hall–Kier alpha value is -1.67. The van der Waals surface area contributed by atoms with Crippen molar-refractivity contribution in [1.29, 1.82) is 0 Å². The first-order valence-electron chi connectivity index (χ1n) is 5.06. The van der Waals surface area contributed by atoms with Gasteiger partial charge in [-0.05, 0) is 17.3 Å². The van der Waals surface area contributed by atoms with E-state index in [9.17, 15) is 10.1 Å². The number of fused-ring (bicyclic) bond motifs is 1. The summed E-state index contributed by atoms with van der Waals surface area (Å²) in [6.45, 7) is 0. The van der Waals surface area contributed by atoms with Crippen LogP contribution in [0.25, 0.3) is 0 Å². The highest BCUT2D eigenvalue weighted by molar-refractivity contribution is 8.18. The lowest BCUT2D eigenvalue weighted by Crippen LogP contribution is -2.13. The zero-order chi connectivity index (χ0) is 12.7. The van der Waals surface area contributed by atoms with Crippen molar-refractivity contribution >= 4 is 34.4 Å². The number of amidine groups is 1. The fraction of sp³-hybridized carbons (Fsp3) is 0.100. The Balaban J connectivity index is 1.93. The molecule has 18 heavy (non-hydrogen) atoms. The number of nitrogens with two attached hydrogens (primary N) is 1. The number of non-ortho nitro benzene ring substituents is 1. The third-order valence-corrected chi connectivity index (χ3v) is 4.57. The molecular weight excluding hydrogens is 272 g/mol. The van der Waals surface area contributed by atoms with Gasteiger partial charge in [0.1, 0.15) is 10.4 Å². The molecule has 0 aromatic heterocycles. The van der Waals surface area contributed by atoms with Gasteiger partial charge >= 0.3 is 0 Å². The van der Waals surface area contributed by atoms with Gasteiger partial charge in [0.2, 0.25) is 0 Å². The predicted molar refractivity (Wildman–Crippen MR) is 72.6 cm³/mol. The fourth-order valence-electron chi connectivity index (χ4n) is 1.77. The van der Waals surface area contributed by atoms with E-state index < -0.39 is 4.92 Å². The molecule has 8 heteroatoms. The molecule has 0 unspecified atom stereocenters. The summed E-state index contributed by atoms with van der Waals surface area (Å²) in [5.41, 5.74) is 6.59. The Morgan fingerprint density at radius 2 is 2.33 bits per heavy atom. The zero-order valence-corrected chi connectivity index (χ0v) is 10.6. The molecule has 2 aliphatic heterocycles. The Morgan fingerprint density at radius 1 is 1.50 bits per heavy atom. The standard InChI is InChI=1S/C10H8N4O2S2/c11-10-12-13-8(18-10)5-17-9(13)6-2-1-3-7(4-6)14(15)16/h1-5,9H,(H2,11,12)/t9-/m1/s1. The first-order valence-corrected chi connectivity index (χ1v) is 6.82. The molecule has 2 aliphatic rings. The van der Waals surface area contributed by atoms with Gasteiger partial charge in [0.15, 0.2) is 5.17 Å². The van der Waals surface area contributed by atoms with Crippen molar-refractivity contribution in [1.82, 2.24) is 5.01 Å². The van der Waals surface area contributed by atoms with Gasteiger partial charge in [-0.2, -0.15) is 0 Å². The number of hydrazone groups is 1. The molecule has 0 radical (unpaired) electrons. The molecule has 2 N–H and O–H groups in total. The lowest BCUT2D eigenvalue weighted by molar-refractivity contribution is -0.384. The highest BCUT2D eigenvalue weighted by atomic mass is 32.2. The summed E-state index contributed by atoms with van der Waals surface area (Å²) in [7, 11) is 0. The number of rotatable bonds is 2. The molecule has 0 spiro atoms. The second kappa shape index (κ2) is 4.21. The first-order chi connectivity index (χ1) is 8.65. The topological polar surface area (TPSA) is 84.8 Å². The molecule has 0 saturated carbocycles. The molecular formula is C10H8N4O2S2. The molecule has 0 fully saturated rings. The number of benzene rings is 1. The smallest absolute Gasteiger partial charge is 0.269 e. The van der Waals surface area contributed by atoms with Crippen LogP contribution < -0.4 is 5.73 Å². The molecule has 1 aromatic rings. The van der Waals surface area contributed by atoms with Gasteiger partial charge in [-0.1, -0.05) is 23.9 Å². The molecule has 3 rings (SSSR count). The van der Waals surface area contributed by atoms with Gasteiger partial charge < -0.3 is 5.73 Å². The molecule has 0 aliphatic carbocycles. The minimum Gasteiger partial charge on any atom is -0.377 e. The van der Waals surface area contributed by atoms with E-state index in [-0.39, 0.29) is 11.1 Å². The lowest BCUT2D eigenvalue weighted by atomic mass is 10.2. The van der Waals surface area contributed by atoms with Crippen LogP contribution in [0.2, 0.25) is 0 Å². The summed E-state index contributed by atoms with van der Waals surface area (Å²) in [6, 6.07) is 6.59. The second-order valence-corrected chi connectivity index (χ2v) is 5.68. The summed E-state index contributed by atoms with van der Waals surface area (Å²) in [5, 5.41) is 20.1.